The zero-order valence-corrected chi connectivity index (χ0v) is 12.1. The summed E-state index contributed by atoms with van der Waals surface area (Å²) in [5.41, 5.74) is -0.116. The molecule has 7 nitrogen and oxygen atoms in total. The molecule has 0 aliphatic heterocycles. The maximum atomic E-state index is 11.8. The second-order valence-electron chi connectivity index (χ2n) is 4.39. The van der Waals surface area contributed by atoms with Gasteiger partial charge in [-0.05, 0) is 5.56 Å². The van der Waals surface area contributed by atoms with E-state index in [1.165, 1.54) is 10.8 Å². The quantitative estimate of drug-likeness (QED) is 0.794. The number of aromatic nitrogens is 2. The third-order valence-electron chi connectivity index (χ3n) is 2.73. The molecule has 0 spiro atoms. The molecular formula is C13H14N2O5S. The number of H-pyrrole nitrogens is 1. The number of benzene rings is 1. The molecule has 0 aliphatic rings. The lowest BCUT2D eigenvalue weighted by atomic mass is 10.1. The third kappa shape index (κ3) is 4.14. The lowest BCUT2D eigenvalue weighted by molar-refractivity contribution is 0.301. The van der Waals surface area contributed by atoms with E-state index in [1.807, 2.05) is 6.07 Å². The van der Waals surface area contributed by atoms with E-state index in [4.69, 9.17) is 0 Å². The maximum Gasteiger partial charge on any atom is 0.328 e. The molecule has 8 heteroatoms. The average Bonchev–Trinajstić information content (AvgIpc) is 2.41. The minimum atomic E-state index is -3.56. The highest BCUT2D eigenvalue weighted by atomic mass is 32.2. The number of aromatic amines is 1. The molecule has 0 saturated carbocycles. The molecule has 2 aromatic rings. The highest BCUT2D eigenvalue weighted by Gasteiger charge is 2.08. The van der Waals surface area contributed by atoms with Gasteiger partial charge in [0.2, 0.25) is 0 Å². The van der Waals surface area contributed by atoms with Crippen LogP contribution in [0.4, 0.5) is 0 Å². The van der Waals surface area contributed by atoms with E-state index in [0.29, 0.717) is 11.1 Å². The highest BCUT2D eigenvalue weighted by molar-refractivity contribution is 7.85. The lowest BCUT2D eigenvalue weighted by Gasteiger charge is -2.07. The van der Waals surface area contributed by atoms with Gasteiger partial charge >= 0.3 is 5.69 Å². The summed E-state index contributed by atoms with van der Waals surface area (Å²) < 4.78 is 27.6. The molecule has 112 valence electrons. The second-order valence-corrected chi connectivity index (χ2v) is 6.03. The minimum Gasteiger partial charge on any atom is -0.298 e. The molecule has 0 saturated heterocycles. The van der Waals surface area contributed by atoms with E-state index in [9.17, 15) is 18.0 Å². The summed E-state index contributed by atoms with van der Waals surface area (Å²) in [4.78, 5) is 25.7. The summed E-state index contributed by atoms with van der Waals surface area (Å²) in [7, 11) is -3.56. The van der Waals surface area contributed by atoms with Crippen LogP contribution in [-0.4, -0.2) is 30.8 Å². The zero-order valence-electron chi connectivity index (χ0n) is 11.3. The van der Waals surface area contributed by atoms with Gasteiger partial charge in [-0.25, -0.2) is 4.79 Å². The first-order valence-corrected chi connectivity index (χ1v) is 7.92. The molecule has 1 aromatic heterocycles. The SMILES string of the molecule is CS(=O)(=O)OCCn1cc(-c2ccccc2)c(=O)[nH]c1=O. The molecule has 0 aliphatic carbocycles. The van der Waals surface area contributed by atoms with E-state index in [-0.39, 0.29) is 13.2 Å². The van der Waals surface area contributed by atoms with Gasteiger partial charge in [0.05, 0.1) is 25.0 Å². The Balaban J connectivity index is 2.31. The molecule has 0 amide bonds. The largest absolute Gasteiger partial charge is 0.328 e. The molecule has 0 bridgehead atoms. The normalized spacial score (nSPS) is 11.5. The van der Waals surface area contributed by atoms with Crippen molar-refractivity contribution in [1.82, 2.24) is 9.55 Å². The van der Waals surface area contributed by atoms with Crippen molar-refractivity contribution in [3.8, 4) is 11.1 Å². The Morgan fingerprint density at radius 3 is 2.48 bits per heavy atom. The zero-order chi connectivity index (χ0) is 15.5. The summed E-state index contributed by atoms with van der Waals surface area (Å²) in [6.07, 6.45) is 2.32. The van der Waals surface area contributed by atoms with Gasteiger partial charge in [-0.3, -0.25) is 18.5 Å². The Bertz CT molecular complexity index is 837. The molecule has 0 atom stereocenters. The van der Waals surface area contributed by atoms with Gasteiger partial charge in [-0.15, -0.1) is 0 Å². The molecule has 1 N–H and O–H groups in total. The van der Waals surface area contributed by atoms with Crippen molar-refractivity contribution in [2.45, 2.75) is 6.54 Å². The van der Waals surface area contributed by atoms with Crippen molar-refractivity contribution in [3.63, 3.8) is 0 Å². The topological polar surface area (TPSA) is 98.2 Å². The lowest BCUT2D eigenvalue weighted by Crippen LogP contribution is -2.31. The number of hydrogen-bond donors (Lipinski definition) is 1. The molecule has 21 heavy (non-hydrogen) atoms. The predicted octanol–water partition coefficient (Wildman–Crippen LogP) is 0.180. The molecular weight excluding hydrogens is 296 g/mol. The molecule has 0 unspecified atom stereocenters. The van der Waals surface area contributed by atoms with Crippen LogP contribution in [0.3, 0.4) is 0 Å². The van der Waals surface area contributed by atoms with Gasteiger partial charge in [0, 0.05) is 6.20 Å². The summed E-state index contributed by atoms with van der Waals surface area (Å²) in [6.45, 7) is -0.165. The van der Waals surface area contributed by atoms with Gasteiger partial charge in [0.1, 0.15) is 0 Å². The van der Waals surface area contributed by atoms with Crippen LogP contribution in [0.2, 0.25) is 0 Å². The number of nitrogens with one attached hydrogen (secondary N) is 1. The van der Waals surface area contributed by atoms with Crippen LogP contribution in [0.25, 0.3) is 11.1 Å². The number of hydrogen-bond acceptors (Lipinski definition) is 5. The van der Waals surface area contributed by atoms with Crippen molar-refractivity contribution >= 4 is 10.1 Å². The van der Waals surface area contributed by atoms with Crippen molar-refractivity contribution in [2.24, 2.45) is 0 Å². The van der Waals surface area contributed by atoms with Crippen LogP contribution in [0, 0.1) is 0 Å². The molecule has 2 rings (SSSR count). The van der Waals surface area contributed by atoms with Crippen molar-refractivity contribution in [3.05, 3.63) is 57.4 Å². The average molecular weight is 310 g/mol. The fraction of sp³-hybridized carbons (Fsp3) is 0.231. The van der Waals surface area contributed by atoms with E-state index >= 15 is 0 Å². The molecule has 1 heterocycles. The predicted molar refractivity (Wildman–Crippen MR) is 77.6 cm³/mol. The first-order valence-electron chi connectivity index (χ1n) is 6.10. The molecule has 0 fully saturated rings. The van der Waals surface area contributed by atoms with Gasteiger partial charge in [0.15, 0.2) is 0 Å². The molecule has 1 aromatic carbocycles. The third-order valence-corrected chi connectivity index (χ3v) is 3.32. The van der Waals surface area contributed by atoms with Gasteiger partial charge < -0.3 is 0 Å². The van der Waals surface area contributed by atoms with E-state index in [1.54, 1.807) is 24.3 Å². The summed E-state index contributed by atoms with van der Waals surface area (Å²) in [5.74, 6) is 0. The number of rotatable bonds is 5. The van der Waals surface area contributed by atoms with Gasteiger partial charge in [-0.1, -0.05) is 30.3 Å². The Kier molecular flexibility index (Phi) is 4.39. The summed E-state index contributed by atoms with van der Waals surface area (Å²) in [5, 5.41) is 0. The fourth-order valence-corrected chi connectivity index (χ4v) is 2.16. The smallest absolute Gasteiger partial charge is 0.298 e. The van der Waals surface area contributed by atoms with Gasteiger partial charge in [0.25, 0.3) is 15.7 Å². The van der Waals surface area contributed by atoms with Crippen molar-refractivity contribution in [2.75, 3.05) is 12.9 Å². The first kappa shape index (κ1) is 15.2. The van der Waals surface area contributed by atoms with Crippen LogP contribution in [-0.2, 0) is 20.8 Å². The van der Waals surface area contributed by atoms with Crippen LogP contribution in [0.15, 0.2) is 46.1 Å². The maximum absolute atomic E-state index is 11.8. The fourth-order valence-electron chi connectivity index (χ4n) is 1.79. The van der Waals surface area contributed by atoms with Crippen molar-refractivity contribution < 1.29 is 12.6 Å². The Morgan fingerprint density at radius 2 is 1.86 bits per heavy atom. The van der Waals surface area contributed by atoms with Crippen molar-refractivity contribution in [1.29, 1.82) is 0 Å². The van der Waals surface area contributed by atoms with E-state index < -0.39 is 21.4 Å². The highest BCUT2D eigenvalue weighted by Crippen LogP contribution is 2.12. The summed E-state index contributed by atoms with van der Waals surface area (Å²) in [6, 6.07) is 8.85. The first-order chi connectivity index (χ1) is 9.87. The summed E-state index contributed by atoms with van der Waals surface area (Å²) >= 11 is 0. The Labute approximate surface area is 121 Å². The molecule has 0 radical (unpaired) electrons. The van der Waals surface area contributed by atoms with Crippen LogP contribution in [0.5, 0.6) is 0 Å². The Morgan fingerprint density at radius 1 is 1.19 bits per heavy atom. The second kappa shape index (κ2) is 6.06. The van der Waals surface area contributed by atoms with E-state index in [2.05, 4.69) is 9.17 Å². The van der Waals surface area contributed by atoms with E-state index in [0.717, 1.165) is 6.26 Å². The Hall–Kier alpha value is -2.19. The number of nitrogens with zero attached hydrogens (tertiary/aromatic N) is 1. The van der Waals surface area contributed by atoms with Crippen LogP contribution in [0.1, 0.15) is 0 Å². The standard InChI is InChI=1S/C13H14N2O5S/c1-21(18,19)20-8-7-15-9-11(12(16)14-13(15)17)10-5-3-2-4-6-10/h2-6,9H,7-8H2,1H3,(H,14,16,17). The van der Waals surface area contributed by atoms with Crippen LogP contribution >= 0.6 is 0 Å². The van der Waals surface area contributed by atoms with Gasteiger partial charge in [-0.2, -0.15) is 8.42 Å². The van der Waals surface area contributed by atoms with Crippen LogP contribution < -0.4 is 11.2 Å². The monoisotopic (exact) mass is 310 g/mol. The minimum absolute atomic E-state index is 0.0164.